The van der Waals surface area contributed by atoms with Crippen LogP contribution in [0.3, 0.4) is 0 Å². The topological polar surface area (TPSA) is 21.3 Å². The smallest absolute Gasteiger partial charge is 0.203 e. The van der Waals surface area contributed by atoms with Gasteiger partial charge in [0.15, 0.2) is 22.3 Å². The summed E-state index contributed by atoms with van der Waals surface area (Å²) in [7, 11) is 0. The molecule has 1 aliphatic rings. The molecule has 1 aromatic carbocycles. The van der Waals surface area contributed by atoms with Crippen molar-refractivity contribution in [1.29, 1.82) is 0 Å². The van der Waals surface area contributed by atoms with E-state index >= 15 is 0 Å². The summed E-state index contributed by atoms with van der Waals surface area (Å²) in [5, 5.41) is 3.31. The van der Waals surface area contributed by atoms with Gasteiger partial charge in [0.05, 0.1) is 6.04 Å². The quantitative estimate of drug-likeness (QED) is 0.662. The summed E-state index contributed by atoms with van der Waals surface area (Å²) in [6, 6.07) is 2.07. The number of benzene rings is 1. The Labute approximate surface area is 121 Å². The van der Waals surface area contributed by atoms with Crippen LogP contribution in [-0.4, -0.2) is 23.3 Å². The van der Waals surface area contributed by atoms with Gasteiger partial charge in [-0.2, -0.15) is 4.39 Å². The lowest BCUT2D eigenvalue weighted by Crippen LogP contribution is -2.47. The van der Waals surface area contributed by atoms with Crippen LogP contribution in [0.2, 0.25) is 0 Å². The second-order valence-corrected chi connectivity index (χ2v) is 6.55. The van der Waals surface area contributed by atoms with Gasteiger partial charge in [0, 0.05) is 0 Å². The molecular weight excluding hydrogens is 287 g/mol. The highest BCUT2D eigenvalue weighted by molar-refractivity contribution is 8.00. The average Bonchev–Trinajstić information content (AvgIpc) is 2.95. The van der Waals surface area contributed by atoms with E-state index < -0.39 is 22.4 Å². The number of hydrogen-bond donors (Lipinski definition) is 1. The Morgan fingerprint density at radius 2 is 2.10 bits per heavy atom. The van der Waals surface area contributed by atoms with Gasteiger partial charge in [-0.25, -0.2) is 8.78 Å². The molecule has 0 bridgehead atoms. The Balaban J connectivity index is 2.26. The van der Waals surface area contributed by atoms with Crippen molar-refractivity contribution in [2.24, 2.45) is 0 Å². The molecule has 1 aliphatic heterocycles. The van der Waals surface area contributed by atoms with Crippen LogP contribution in [-0.2, 0) is 0 Å². The maximum absolute atomic E-state index is 13.8. The molecule has 0 radical (unpaired) electrons. The second kappa shape index (κ2) is 6.26. The van der Waals surface area contributed by atoms with E-state index in [1.807, 2.05) is 13.8 Å². The average molecular weight is 305 g/mol. The summed E-state index contributed by atoms with van der Waals surface area (Å²) in [5.74, 6) is -3.45. The number of halogens is 3. The fraction of sp³-hybridized carbons (Fsp3) is 0.571. The standard InChI is InChI=1S/C14H18F3NOS/c1-3-20-14(2,11-5-4-8-18-11)19-10-7-6-9(15)12(16)13(10)17/h6-7,11,18H,3-5,8H2,1-2H3. The molecule has 0 amide bonds. The van der Waals surface area contributed by atoms with E-state index in [2.05, 4.69) is 5.32 Å². The Bertz CT molecular complexity index is 480. The molecule has 2 nitrogen and oxygen atoms in total. The predicted molar refractivity (Wildman–Crippen MR) is 74.5 cm³/mol. The number of rotatable bonds is 5. The lowest BCUT2D eigenvalue weighted by molar-refractivity contribution is 0.136. The third-order valence-corrected chi connectivity index (χ3v) is 4.67. The van der Waals surface area contributed by atoms with Crippen molar-refractivity contribution < 1.29 is 17.9 Å². The molecule has 1 aromatic rings. The minimum Gasteiger partial charge on any atom is -0.472 e. The van der Waals surface area contributed by atoms with Crippen LogP contribution in [0, 0.1) is 17.5 Å². The van der Waals surface area contributed by atoms with Crippen LogP contribution in [0.4, 0.5) is 13.2 Å². The molecule has 112 valence electrons. The van der Waals surface area contributed by atoms with E-state index in [-0.39, 0.29) is 11.8 Å². The minimum absolute atomic E-state index is 0.0555. The van der Waals surface area contributed by atoms with Crippen LogP contribution in [0.25, 0.3) is 0 Å². The monoisotopic (exact) mass is 305 g/mol. The van der Waals surface area contributed by atoms with Crippen molar-refractivity contribution >= 4 is 11.8 Å². The molecule has 0 aromatic heterocycles. The van der Waals surface area contributed by atoms with E-state index in [4.69, 9.17) is 4.74 Å². The Morgan fingerprint density at radius 3 is 2.70 bits per heavy atom. The van der Waals surface area contributed by atoms with Crippen molar-refractivity contribution in [2.75, 3.05) is 12.3 Å². The first kappa shape index (κ1) is 15.5. The molecule has 0 spiro atoms. The number of nitrogens with one attached hydrogen (secondary N) is 1. The zero-order valence-corrected chi connectivity index (χ0v) is 12.3. The number of ether oxygens (including phenoxy) is 1. The maximum Gasteiger partial charge on any atom is 0.203 e. The van der Waals surface area contributed by atoms with Gasteiger partial charge in [0.2, 0.25) is 5.82 Å². The lowest BCUT2D eigenvalue weighted by atomic mass is 10.1. The van der Waals surface area contributed by atoms with Crippen LogP contribution >= 0.6 is 11.8 Å². The fourth-order valence-electron chi connectivity index (χ4n) is 2.43. The second-order valence-electron chi connectivity index (χ2n) is 4.87. The molecule has 2 rings (SSSR count). The molecule has 0 saturated carbocycles. The molecule has 2 unspecified atom stereocenters. The van der Waals surface area contributed by atoms with Crippen molar-refractivity contribution in [3.05, 3.63) is 29.6 Å². The summed E-state index contributed by atoms with van der Waals surface area (Å²) in [5.41, 5.74) is 0. The molecule has 2 atom stereocenters. The molecule has 20 heavy (non-hydrogen) atoms. The predicted octanol–water partition coefficient (Wildman–Crippen LogP) is 3.70. The molecular formula is C14H18F3NOS. The van der Waals surface area contributed by atoms with Crippen molar-refractivity contribution in [2.45, 2.75) is 37.7 Å². The molecule has 1 N–H and O–H groups in total. The van der Waals surface area contributed by atoms with Gasteiger partial charge >= 0.3 is 0 Å². The van der Waals surface area contributed by atoms with E-state index in [1.54, 1.807) is 0 Å². The third-order valence-electron chi connectivity index (χ3n) is 3.44. The van der Waals surface area contributed by atoms with Gasteiger partial charge in [-0.05, 0) is 44.2 Å². The minimum atomic E-state index is -1.49. The SMILES string of the molecule is CCSC(C)(Oc1ccc(F)c(F)c1F)C1CCCN1. The molecule has 1 heterocycles. The molecule has 0 aliphatic carbocycles. The van der Waals surface area contributed by atoms with Crippen molar-refractivity contribution in [3.8, 4) is 5.75 Å². The van der Waals surface area contributed by atoms with Gasteiger partial charge < -0.3 is 10.1 Å². The van der Waals surface area contributed by atoms with Crippen LogP contribution in [0.1, 0.15) is 26.7 Å². The van der Waals surface area contributed by atoms with Crippen molar-refractivity contribution in [1.82, 2.24) is 5.32 Å². The Kier molecular flexibility index (Phi) is 4.86. The van der Waals surface area contributed by atoms with Gasteiger partial charge in [-0.1, -0.05) is 6.92 Å². The highest BCUT2D eigenvalue weighted by Gasteiger charge is 2.39. The highest BCUT2D eigenvalue weighted by Crippen LogP contribution is 2.36. The van der Waals surface area contributed by atoms with Crippen LogP contribution < -0.4 is 10.1 Å². The Morgan fingerprint density at radius 1 is 1.35 bits per heavy atom. The van der Waals surface area contributed by atoms with E-state index in [9.17, 15) is 13.2 Å². The van der Waals surface area contributed by atoms with Gasteiger partial charge in [0.1, 0.15) is 0 Å². The molecule has 1 fully saturated rings. The van der Waals surface area contributed by atoms with Gasteiger partial charge in [0.25, 0.3) is 0 Å². The van der Waals surface area contributed by atoms with E-state index in [0.717, 1.165) is 37.3 Å². The normalized spacial score (nSPS) is 21.8. The fourth-order valence-corrected chi connectivity index (χ4v) is 3.55. The lowest BCUT2D eigenvalue weighted by Gasteiger charge is -2.35. The maximum atomic E-state index is 13.8. The van der Waals surface area contributed by atoms with Gasteiger partial charge in [-0.15, -0.1) is 11.8 Å². The zero-order valence-electron chi connectivity index (χ0n) is 11.5. The first-order valence-corrected chi connectivity index (χ1v) is 7.66. The summed E-state index contributed by atoms with van der Waals surface area (Å²) < 4.78 is 45.7. The first-order chi connectivity index (χ1) is 9.48. The van der Waals surface area contributed by atoms with E-state index in [1.165, 1.54) is 11.8 Å². The molecule has 6 heteroatoms. The third kappa shape index (κ3) is 3.06. The van der Waals surface area contributed by atoms with Gasteiger partial charge in [-0.3, -0.25) is 0 Å². The summed E-state index contributed by atoms with van der Waals surface area (Å²) in [6.45, 7) is 4.71. The number of hydrogen-bond acceptors (Lipinski definition) is 3. The summed E-state index contributed by atoms with van der Waals surface area (Å²) in [6.07, 6.45) is 1.93. The first-order valence-electron chi connectivity index (χ1n) is 6.67. The highest BCUT2D eigenvalue weighted by atomic mass is 32.2. The van der Waals surface area contributed by atoms with E-state index in [0.29, 0.717) is 0 Å². The van der Waals surface area contributed by atoms with Crippen LogP contribution in [0.5, 0.6) is 5.75 Å². The number of thioether (sulfide) groups is 1. The van der Waals surface area contributed by atoms with Crippen LogP contribution in [0.15, 0.2) is 12.1 Å². The summed E-state index contributed by atoms with van der Waals surface area (Å²) >= 11 is 1.52. The Hall–Kier alpha value is -0.880. The molecule has 1 saturated heterocycles. The zero-order chi connectivity index (χ0) is 14.8. The largest absolute Gasteiger partial charge is 0.472 e. The summed E-state index contributed by atoms with van der Waals surface area (Å²) in [4.78, 5) is -0.712. The van der Waals surface area contributed by atoms with Crippen molar-refractivity contribution in [3.63, 3.8) is 0 Å².